The van der Waals surface area contributed by atoms with Crippen LogP contribution >= 0.6 is 11.8 Å². The quantitative estimate of drug-likeness (QED) is 0.216. The normalized spacial score (nSPS) is 14.5. The molecule has 1 aliphatic heterocycles. The van der Waals surface area contributed by atoms with Gasteiger partial charge in [-0.3, -0.25) is 9.89 Å². The number of aldehydes is 1. The predicted octanol–water partition coefficient (Wildman–Crippen LogP) is 5.50. The van der Waals surface area contributed by atoms with Gasteiger partial charge in [0.05, 0.1) is 29.4 Å². The van der Waals surface area contributed by atoms with E-state index >= 15 is 0 Å². The number of H-pyrrole nitrogens is 1. The molecule has 1 saturated heterocycles. The van der Waals surface area contributed by atoms with Gasteiger partial charge in [0.2, 0.25) is 0 Å². The van der Waals surface area contributed by atoms with Crippen molar-refractivity contribution in [1.29, 1.82) is 0 Å². The first-order valence-corrected chi connectivity index (χ1v) is 13.9. The highest BCUT2D eigenvalue weighted by atomic mass is 32.2. The number of hydrogen-bond acceptors (Lipinski definition) is 10. The standard InChI is InChI=1S/C28H34N8O2S/c1-17-18(2)34-35-26(17)33-27-21-10-24(39-28(3,4)5)23(11-22(21)31-16-32-27)38-15-19-6-8-36(9-7-19)25-13-29-20(14-37)12-30-25/h10-14,16,19H,6-9,15H2,1-5H3,(H2,31,32,33,34,35). The molecule has 0 unspecified atom stereocenters. The average Bonchev–Trinajstić information content (AvgIpc) is 3.24. The van der Waals surface area contributed by atoms with E-state index in [2.05, 4.69) is 67.2 Å². The number of piperidine rings is 1. The molecule has 204 valence electrons. The molecule has 0 bridgehead atoms. The van der Waals surface area contributed by atoms with Crippen LogP contribution in [0.4, 0.5) is 17.5 Å². The molecule has 0 saturated carbocycles. The summed E-state index contributed by atoms with van der Waals surface area (Å²) in [7, 11) is 0. The summed E-state index contributed by atoms with van der Waals surface area (Å²) in [5.74, 6) is 3.56. The fraction of sp³-hybridized carbons (Fsp3) is 0.429. The number of nitrogens with zero attached hydrogens (tertiary/aromatic N) is 6. The summed E-state index contributed by atoms with van der Waals surface area (Å²) >= 11 is 1.77. The van der Waals surface area contributed by atoms with Crippen LogP contribution in [0.5, 0.6) is 5.75 Å². The van der Waals surface area contributed by atoms with Gasteiger partial charge >= 0.3 is 0 Å². The van der Waals surface area contributed by atoms with Gasteiger partial charge in [-0.05, 0) is 38.7 Å². The summed E-state index contributed by atoms with van der Waals surface area (Å²) in [5.41, 5.74) is 3.24. The van der Waals surface area contributed by atoms with Crippen molar-refractivity contribution in [1.82, 2.24) is 30.1 Å². The monoisotopic (exact) mass is 546 g/mol. The molecule has 0 radical (unpaired) electrons. The Labute approximate surface area is 232 Å². The van der Waals surface area contributed by atoms with Crippen molar-refractivity contribution in [3.8, 4) is 5.75 Å². The lowest BCUT2D eigenvalue weighted by atomic mass is 9.98. The number of rotatable bonds is 8. The van der Waals surface area contributed by atoms with Crippen LogP contribution in [-0.2, 0) is 0 Å². The van der Waals surface area contributed by atoms with Crippen molar-refractivity contribution in [3.63, 3.8) is 0 Å². The van der Waals surface area contributed by atoms with Gasteiger partial charge in [-0.15, -0.1) is 11.8 Å². The Kier molecular flexibility index (Phi) is 7.69. The zero-order valence-corrected chi connectivity index (χ0v) is 23.8. The number of fused-ring (bicyclic) bond motifs is 1. The SMILES string of the molecule is Cc1[nH]nc(Nc2ncnc3cc(OCC4CCN(c5cnc(C=O)cn5)CC4)c(SC(C)(C)C)cc23)c1C. The molecule has 4 heterocycles. The second-order valence-electron chi connectivity index (χ2n) is 10.9. The average molecular weight is 547 g/mol. The van der Waals surface area contributed by atoms with Crippen LogP contribution in [0.1, 0.15) is 55.4 Å². The zero-order chi connectivity index (χ0) is 27.6. The Morgan fingerprint density at radius 1 is 1.10 bits per heavy atom. The minimum absolute atomic E-state index is 0.00329. The van der Waals surface area contributed by atoms with Crippen LogP contribution in [0.2, 0.25) is 0 Å². The Balaban J connectivity index is 1.32. The van der Waals surface area contributed by atoms with Gasteiger partial charge in [-0.2, -0.15) is 5.10 Å². The third-order valence-electron chi connectivity index (χ3n) is 6.80. The second kappa shape index (κ2) is 11.2. The largest absolute Gasteiger partial charge is 0.492 e. The van der Waals surface area contributed by atoms with Crippen molar-refractivity contribution in [3.05, 3.63) is 47.8 Å². The minimum atomic E-state index is -0.00329. The van der Waals surface area contributed by atoms with E-state index in [0.29, 0.717) is 30.3 Å². The Bertz CT molecular complexity index is 1460. The molecule has 1 fully saturated rings. The molecule has 3 aromatic heterocycles. The fourth-order valence-corrected chi connectivity index (χ4v) is 5.55. The van der Waals surface area contributed by atoms with Crippen molar-refractivity contribution in [2.45, 2.75) is 57.1 Å². The lowest BCUT2D eigenvalue weighted by molar-refractivity contribution is 0.111. The summed E-state index contributed by atoms with van der Waals surface area (Å²) in [6.45, 7) is 13.0. The lowest BCUT2D eigenvalue weighted by Gasteiger charge is -2.32. The van der Waals surface area contributed by atoms with Gasteiger partial charge < -0.3 is 15.0 Å². The molecule has 11 heteroatoms. The number of aromatic nitrogens is 6. The highest BCUT2D eigenvalue weighted by Crippen LogP contribution is 2.41. The number of hydrogen-bond donors (Lipinski definition) is 2. The number of benzene rings is 1. The molecule has 10 nitrogen and oxygen atoms in total. The molecule has 2 N–H and O–H groups in total. The molecule has 0 spiro atoms. The number of carbonyl (C=O) groups excluding carboxylic acids is 1. The highest BCUT2D eigenvalue weighted by molar-refractivity contribution is 8.00. The van der Waals surface area contributed by atoms with E-state index in [9.17, 15) is 4.79 Å². The van der Waals surface area contributed by atoms with E-state index in [4.69, 9.17) is 4.74 Å². The number of thioether (sulfide) groups is 1. The Hall–Kier alpha value is -3.73. The molecule has 1 aliphatic rings. The van der Waals surface area contributed by atoms with E-state index in [1.165, 1.54) is 6.20 Å². The van der Waals surface area contributed by atoms with E-state index in [1.807, 2.05) is 19.9 Å². The zero-order valence-electron chi connectivity index (χ0n) is 23.0. The summed E-state index contributed by atoms with van der Waals surface area (Å²) < 4.78 is 6.47. The molecular weight excluding hydrogens is 512 g/mol. The lowest BCUT2D eigenvalue weighted by Crippen LogP contribution is -2.36. The molecular formula is C28H34N8O2S. The van der Waals surface area contributed by atoms with Crippen LogP contribution < -0.4 is 15.0 Å². The maximum absolute atomic E-state index is 10.9. The van der Waals surface area contributed by atoms with E-state index in [1.54, 1.807) is 24.3 Å². The van der Waals surface area contributed by atoms with Crippen LogP contribution in [0.3, 0.4) is 0 Å². The summed E-state index contributed by atoms with van der Waals surface area (Å²) in [5, 5.41) is 11.7. The molecule has 39 heavy (non-hydrogen) atoms. The van der Waals surface area contributed by atoms with Crippen molar-refractivity contribution in [2.24, 2.45) is 5.92 Å². The van der Waals surface area contributed by atoms with Gasteiger partial charge in [0.25, 0.3) is 0 Å². The topological polar surface area (TPSA) is 122 Å². The van der Waals surface area contributed by atoms with Crippen LogP contribution in [-0.4, -0.2) is 60.9 Å². The molecule has 4 aromatic rings. The first-order valence-electron chi connectivity index (χ1n) is 13.1. The van der Waals surface area contributed by atoms with Gasteiger partial charge in [-0.25, -0.2) is 19.9 Å². The maximum atomic E-state index is 10.9. The van der Waals surface area contributed by atoms with Crippen LogP contribution in [0, 0.1) is 19.8 Å². The minimum Gasteiger partial charge on any atom is -0.492 e. The number of aryl methyl sites for hydroxylation is 1. The van der Waals surface area contributed by atoms with Crippen molar-refractivity contribution in [2.75, 3.05) is 29.9 Å². The fourth-order valence-electron chi connectivity index (χ4n) is 4.50. The maximum Gasteiger partial charge on any atom is 0.170 e. The molecule has 0 aliphatic carbocycles. The number of nitrogens with one attached hydrogen (secondary N) is 2. The first-order chi connectivity index (χ1) is 18.7. The third kappa shape index (κ3) is 6.30. The Morgan fingerprint density at radius 3 is 2.54 bits per heavy atom. The van der Waals surface area contributed by atoms with E-state index < -0.39 is 0 Å². The van der Waals surface area contributed by atoms with Crippen molar-refractivity contribution >= 4 is 46.4 Å². The van der Waals surface area contributed by atoms with Crippen LogP contribution in [0.15, 0.2) is 35.7 Å². The third-order valence-corrected chi connectivity index (χ3v) is 7.95. The van der Waals surface area contributed by atoms with E-state index in [0.717, 1.165) is 70.4 Å². The first kappa shape index (κ1) is 26.9. The van der Waals surface area contributed by atoms with Crippen molar-refractivity contribution < 1.29 is 9.53 Å². The number of ether oxygens (including phenoxy) is 1. The van der Waals surface area contributed by atoms with Gasteiger partial charge in [0.1, 0.15) is 29.4 Å². The molecule has 0 atom stereocenters. The number of anilines is 3. The Morgan fingerprint density at radius 2 is 1.90 bits per heavy atom. The van der Waals surface area contributed by atoms with Gasteiger partial charge in [0.15, 0.2) is 12.1 Å². The second-order valence-corrected chi connectivity index (χ2v) is 12.7. The molecule has 0 amide bonds. The summed E-state index contributed by atoms with van der Waals surface area (Å²) in [4.78, 5) is 31.7. The van der Waals surface area contributed by atoms with E-state index in [-0.39, 0.29) is 4.75 Å². The summed E-state index contributed by atoms with van der Waals surface area (Å²) in [6.07, 6.45) is 7.46. The molecule has 1 aromatic carbocycles. The number of aromatic amines is 1. The van der Waals surface area contributed by atoms with Crippen LogP contribution in [0.25, 0.3) is 10.9 Å². The van der Waals surface area contributed by atoms with Gasteiger partial charge in [-0.1, -0.05) is 20.8 Å². The highest BCUT2D eigenvalue weighted by Gasteiger charge is 2.23. The predicted molar refractivity (Wildman–Crippen MR) is 154 cm³/mol. The summed E-state index contributed by atoms with van der Waals surface area (Å²) in [6, 6.07) is 4.15. The number of carbonyl (C=O) groups is 1. The van der Waals surface area contributed by atoms with Gasteiger partial charge in [0, 0.05) is 40.5 Å². The smallest absolute Gasteiger partial charge is 0.170 e. The molecule has 5 rings (SSSR count).